The van der Waals surface area contributed by atoms with Crippen molar-refractivity contribution in [2.24, 2.45) is 0 Å². The summed E-state index contributed by atoms with van der Waals surface area (Å²) in [6.07, 6.45) is 0.761. The summed E-state index contributed by atoms with van der Waals surface area (Å²) in [4.78, 5) is 15.4. The predicted octanol–water partition coefficient (Wildman–Crippen LogP) is 4.06. The van der Waals surface area contributed by atoms with Gasteiger partial charge in [-0.25, -0.2) is 8.42 Å². The number of amides is 1. The molecule has 0 spiro atoms. The van der Waals surface area contributed by atoms with Crippen LogP contribution in [0.1, 0.15) is 26.4 Å². The maximum Gasteiger partial charge on any atom is 0.264 e. The topological polar surface area (TPSA) is 66.5 Å². The number of carbonyl (C=O) groups is 1. The Labute approximate surface area is 168 Å². The average Bonchev–Trinajstić information content (AvgIpc) is 3.21. The number of fused-ring (bicyclic) bond motifs is 1. The lowest BCUT2D eigenvalue weighted by atomic mass is 9.99. The van der Waals surface area contributed by atoms with Crippen molar-refractivity contribution in [2.45, 2.75) is 24.8 Å². The summed E-state index contributed by atoms with van der Waals surface area (Å²) >= 11 is 1.43. The first-order valence-corrected chi connectivity index (χ1v) is 11.3. The van der Waals surface area contributed by atoms with Crippen LogP contribution in [0.4, 0.5) is 5.69 Å². The number of nitrogens with zero attached hydrogens (tertiary/aromatic N) is 1. The Morgan fingerprint density at radius 2 is 1.93 bits per heavy atom. The summed E-state index contributed by atoms with van der Waals surface area (Å²) in [7, 11) is -3.66. The second kappa shape index (κ2) is 7.41. The van der Waals surface area contributed by atoms with E-state index in [0.717, 1.165) is 28.0 Å². The van der Waals surface area contributed by atoms with Crippen molar-refractivity contribution in [3.63, 3.8) is 0 Å². The minimum absolute atomic E-state index is 0.0198. The van der Waals surface area contributed by atoms with Gasteiger partial charge in [-0.1, -0.05) is 24.3 Å². The zero-order valence-corrected chi connectivity index (χ0v) is 17.0. The van der Waals surface area contributed by atoms with Gasteiger partial charge in [-0.3, -0.25) is 9.52 Å². The van der Waals surface area contributed by atoms with Gasteiger partial charge in [0, 0.05) is 18.8 Å². The van der Waals surface area contributed by atoms with Crippen molar-refractivity contribution in [1.82, 2.24) is 4.90 Å². The first-order valence-electron chi connectivity index (χ1n) is 8.96. The summed E-state index contributed by atoms with van der Waals surface area (Å²) in [6, 6.07) is 16.1. The van der Waals surface area contributed by atoms with Crippen molar-refractivity contribution in [2.75, 3.05) is 11.3 Å². The van der Waals surface area contributed by atoms with Gasteiger partial charge in [0.05, 0.1) is 9.77 Å². The van der Waals surface area contributed by atoms with Crippen LogP contribution < -0.4 is 4.72 Å². The number of hydrogen-bond acceptors (Lipinski definition) is 4. The number of hydrogen-bond donors (Lipinski definition) is 1. The van der Waals surface area contributed by atoms with Crippen LogP contribution in [0.15, 0.2) is 64.9 Å². The lowest BCUT2D eigenvalue weighted by Gasteiger charge is -2.29. The standard InChI is InChI=1S/C21H20N2O3S2/c1-15-4-2-5-19(12-15)28(25,26)22-18-8-7-16-9-10-23(14-17(16)13-18)21(24)20-6-3-11-27-20/h2-8,11-13,22H,9-10,14H2,1H3. The van der Waals surface area contributed by atoms with E-state index in [4.69, 9.17) is 0 Å². The number of thiophene rings is 1. The fraction of sp³-hybridized carbons (Fsp3) is 0.190. The molecule has 0 saturated carbocycles. The zero-order chi connectivity index (χ0) is 19.7. The maximum atomic E-state index is 12.7. The molecular weight excluding hydrogens is 392 g/mol. The van der Waals surface area contributed by atoms with Crippen molar-refractivity contribution < 1.29 is 13.2 Å². The molecule has 0 fully saturated rings. The quantitative estimate of drug-likeness (QED) is 0.703. The van der Waals surface area contributed by atoms with E-state index in [1.807, 2.05) is 47.5 Å². The Bertz CT molecular complexity index is 1120. The van der Waals surface area contributed by atoms with Crippen LogP contribution in [0.2, 0.25) is 0 Å². The Kier molecular flexibility index (Phi) is 4.95. The number of anilines is 1. The van der Waals surface area contributed by atoms with Gasteiger partial charge in [0.25, 0.3) is 15.9 Å². The molecule has 1 aliphatic heterocycles. The third-order valence-electron chi connectivity index (χ3n) is 4.79. The largest absolute Gasteiger partial charge is 0.333 e. The smallest absolute Gasteiger partial charge is 0.264 e. The molecule has 0 saturated heterocycles. The highest BCUT2D eigenvalue weighted by atomic mass is 32.2. The Morgan fingerprint density at radius 3 is 2.68 bits per heavy atom. The molecule has 0 bridgehead atoms. The van der Waals surface area contributed by atoms with Gasteiger partial charge in [0.15, 0.2) is 0 Å². The highest BCUT2D eigenvalue weighted by Gasteiger charge is 2.23. The molecule has 3 aromatic rings. The third kappa shape index (κ3) is 3.81. The van der Waals surface area contributed by atoms with Gasteiger partial charge in [0.1, 0.15) is 0 Å². The van der Waals surface area contributed by atoms with E-state index in [1.165, 1.54) is 11.3 Å². The molecular formula is C21H20N2O3S2. The van der Waals surface area contributed by atoms with Crippen molar-refractivity contribution in [3.05, 3.63) is 81.5 Å². The molecule has 1 N–H and O–H groups in total. The summed E-state index contributed by atoms with van der Waals surface area (Å²) in [6.45, 7) is 3.00. The Balaban J connectivity index is 1.56. The van der Waals surface area contributed by atoms with E-state index in [2.05, 4.69) is 4.72 Å². The van der Waals surface area contributed by atoms with E-state index < -0.39 is 10.0 Å². The summed E-state index contributed by atoms with van der Waals surface area (Å²) in [5, 5.41) is 1.89. The van der Waals surface area contributed by atoms with Crippen molar-refractivity contribution in [1.29, 1.82) is 0 Å². The fourth-order valence-electron chi connectivity index (χ4n) is 3.35. The van der Waals surface area contributed by atoms with E-state index in [-0.39, 0.29) is 10.8 Å². The Hall–Kier alpha value is -2.64. The fourth-order valence-corrected chi connectivity index (χ4v) is 5.19. The lowest BCUT2D eigenvalue weighted by Crippen LogP contribution is -2.35. The second-order valence-corrected chi connectivity index (χ2v) is 9.49. The molecule has 7 heteroatoms. The van der Waals surface area contributed by atoms with E-state index in [0.29, 0.717) is 18.8 Å². The van der Waals surface area contributed by atoms with Crippen LogP contribution in [-0.4, -0.2) is 25.8 Å². The molecule has 1 aromatic heterocycles. The molecule has 4 rings (SSSR count). The molecule has 0 unspecified atom stereocenters. The van der Waals surface area contributed by atoms with Gasteiger partial charge in [-0.05, 0) is 65.7 Å². The van der Waals surface area contributed by atoms with Crippen molar-refractivity contribution in [3.8, 4) is 0 Å². The van der Waals surface area contributed by atoms with Gasteiger partial charge in [-0.2, -0.15) is 0 Å². The van der Waals surface area contributed by atoms with Gasteiger partial charge in [0.2, 0.25) is 0 Å². The number of rotatable bonds is 4. The first kappa shape index (κ1) is 18.7. The van der Waals surface area contributed by atoms with E-state index in [9.17, 15) is 13.2 Å². The summed E-state index contributed by atoms with van der Waals surface area (Å²) in [5.74, 6) is 0.0198. The molecule has 5 nitrogen and oxygen atoms in total. The number of aryl methyl sites for hydroxylation is 1. The number of sulfonamides is 1. The molecule has 1 amide bonds. The van der Waals surface area contributed by atoms with Gasteiger partial charge < -0.3 is 4.90 Å². The van der Waals surface area contributed by atoms with Gasteiger partial charge in [-0.15, -0.1) is 11.3 Å². The maximum absolute atomic E-state index is 12.7. The molecule has 2 heterocycles. The van der Waals surface area contributed by atoms with Crippen LogP contribution in [0.25, 0.3) is 0 Å². The summed E-state index contributed by atoms with van der Waals surface area (Å²) < 4.78 is 28.0. The molecule has 1 aliphatic rings. The van der Waals surface area contributed by atoms with Gasteiger partial charge >= 0.3 is 0 Å². The van der Waals surface area contributed by atoms with Crippen LogP contribution in [0.3, 0.4) is 0 Å². The monoisotopic (exact) mass is 412 g/mol. The molecule has 0 aliphatic carbocycles. The first-order chi connectivity index (χ1) is 13.4. The molecule has 144 valence electrons. The summed E-state index contributed by atoms with van der Waals surface area (Å²) in [5.41, 5.74) is 3.51. The molecule has 0 radical (unpaired) electrons. The SMILES string of the molecule is Cc1cccc(S(=O)(=O)Nc2ccc3c(c2)CN(C(=O)c2cccs2)CC3)c1. The molecule has 28 heavy (non-hydrogen) atoms. The second-order valence-electron chi connectivity index (χ2n) is 6.86. The lowest BCUT2D eigenvalue weighted by molar-refractivity contribution is 0.0739. The number of benzene rings is 2. The highest BCUT2D eigenvalue weighted by Crippen LogP contribution is 2.26. The minimum atomic E-state index is -3.66. The van der Waals surface area contributed by atoms with E-state index in [1.54, 1.807) is 24.3 Å². The van der Waals surface area contributed by atoms with Crippen LogP contribution in [0.5, 0.6) is 0 Å². The van der Waals surface area contributed by atoms with Crippen LogP contribution >= 0.6 is 11.3 Å². The highest BCUT2D eigenvalue weighted by molar-refractivity contribution is 7.92. The van der Waals surface area contributed by atoms with Crippen LogP contribution in [-0.2, 0) is 23.0 Å². The molecule has 0 atom stereocenters. The number of carbonyl (C=O) groups excluding carboxylic acids is 1. The minimum Gasteiger partial charge on any atom is -0.333 e. The predicted molar refractivity (Wildman–Crippen MR) is 111 cm³/mol. The van der Waals surface area contributed by atoms with E-state index >= 15 is 0 Å². The third-order valence-corrected chi connectivity index (χ3v) is 7.03. The normalized spacial score (nSPS) is 13.8. The average molecular weight is 413 g/mol. The van der Waals surface area contributed by atoms with Crippen LogP contribution in [0, 0.1) is 6.92 Å². The zero-order valence-electron chi connectivity index (χ0n) is 15.4. The Morgan fingerprint density at radius 1 is 1.07 bits per heavy atom. The number of nitrogens with one attached hydrogen (secondary N) is 1. The molecule has 2 aromatic carbocycles. The van der Waals surface area contributed by atoms with Crippen molar-refractivity contribution >= 4 is 33.0 Å².